The van der Waals surface area contributed by atoms with Crippen LogP contribution in [0.5, 0.6) is 0 Å². The number of hydrogen-bond donors (Lipinski definition) is 2. The molecule has 0 aliphatic heterocycles. The number of halogens is 1. The first-order valence-electron chi connectivity index (χ1n) is 7.23. The normalized spacial score (nSPS) is 10.8. The standard InChI is InChI=1S/C18H13ClN4/c19-14-8-4-7-13-9-10-16(21-18(13)14)20-17-11-15(22-23-17)12-5-2-1-3-6-12/h1-11H,(H2,20,21,22,23). The highest BCUT2D eigenvalue weighted by Gasteiger charge is 2.06. The first kappa shape index (κ1) is 13.8. The van der Waals surface area contributed by atoms with Gasteiger partial charge in [0, 0.05) is 11.5 Å². The molecule has 2 aromatic carbocycles. The number of hydrogen-bond acceptors (Lipinski definition) is 3. The van der Waals surface area contributed by atoms with E-state index >= 15 is 0 Å². The predicted molar refractivity (Wildman–Crippen MR) is 94.1 cm³/mol. The summed E-state index contributed by atoms with van der Waals surface area (Å²) in [6.45, 7) is 0. The van der Waals surface area contributed by atoms with Crippen molar-refractivity contribution in [2.24, 2.45) is 0 Å². The van der Waals surface area contributed by atoms with Crippen LogP contribution in [-0.4, -0.2) is 15.2 Å². The van der Waals surface area contributed by atoms with Gasteiger partial charge in [-0.3, -0.25) is 5.10 Å². The lowest BCUT2D eigenvalue weighted by Crippen LogP contribution is -1.94. The zero-order chi connectivity index (χ0) is 15.6. The second-order valence-corrected chi connectivity index (χ2v) is 5.57. The zero-order valence-electron chi connectivity index (χ0n) is 12.1. The predicted octanol–water partition coefficient (Wildman–Crippen LogP) is 5.02. The van der Waals surface area contributed by atoms with E-state index in [0.717, 1.165) is 22.2 Å². The molecule has 0 unspecified atom stereocenters. The Hall–Kier alpha value is -2.85. The van der Waals surface area contributed by atoms with Gasteiger partial charge in [-0.05, 0) is 23.8 Å². The first-order valence-corrected chi connectivity index (χ1v) is 7.60. The zero-order valence-corrected chi connectivity index (χ0v) is 12.9. The third kappa shape index (κ3) is 2.76. The molecular formula is C18H13ClN4. The summed E-state index contributed by atoms with van der Waals surface area (Å²) in [6, 6.07) is 21.6. The second kappa shape index (κ2) is 5.74. The molecular weight excluding hydrogens is 308 g/mol. The van der Waals surface area contributed by atoms with Crippen LogP contribution in [0.1, 0.15) is 0 Å². The third-order valence-corrected chi connectivity index (χ3v) is 3.89. The molecule has 0 aliphatic rings. The summed E-state index contributed by atoms with van der Waals surface area (Å²) in [4.78, 5) is 4.56. The Morgan fingerprint density at radius 1 is 0.870 bits per heavy atom. The van der Waals surface area contributed by atoms with Gasteiger partial charge in [-0.25, -0.2) is 4.98 Å². The minimum absolute atomic E-state index is 0.637. The van der Waals surface area contributed by atoms with Crippen LogP contribution in [0.2, 0.25) is 5.02 Å². The number of anilines is 2. The number of nitrogens with zero attached hydrogens (tertiary/aromatic N) is 2. The molecule has 23 heavy (non-hydrogen) atoms. The summed E-state index contributed by atoms with van der Waals surface area (Å²) < 4.78 is 0. The maximum absolute atomic E-state index is 6.20. The largest absolute Gasteiger partial charge is 0.323 e. The summed E-state index contributed by atoms with van der Waals surface area (Å²) >= 11 is 6.20. The molecule has 2 aromatic heterocycles. The van der Waals surface area contributed by atoms with Gasteiger partial charge in [-0.1, -0.05) is 54.1 Å². The van der Waals surface area contributed by atoms with Crippen molar-refractivity contribution in [3.63, 3.8) is 0 Å². The maximum atomic E-state index is 6.20. The summed E-state index contributed by atoms with van der Waals surface area (Å²) in [7, 11) is 0. The van der Waals surface area contributed by atoms with Gasteiger partial charge >= 0.3 is 0 Å². The van der Waals surface area contributed by atoms with E-state index in [1.165, 1.54) is 0 Å². The molecule has 0 atom stereocenters. The van der Waals surface area contributed by atoms with E-state index in [9.17, 15) is 0 Å². The summed E-state index contributed by atoms with van der Waals surface area (Å²) in [5.41, 5.74) is 2.81. The number of pyridine rings is 1. The molecule has 4 rings (SSSR count). The number of nitrogens with one attached hydrogen (secondary N) is 2. The Labute approximate surface area is 138 Å². The van der Waals surface area contributed by atoms with Crippen molar-refractivity contribution in [2.75, 3.05) is 5.32 Å². The number of benzene rings is 2. The highest BCUT2D eigenvalue weighted by Crippen LogP contribution is 2.25. The maximum Gasteiger partial charge on any atom is 0.153 e. The van der Waals surface area contributed by atoms with E-state index in [1.54, 1.807) is 0 Å². The molecule has 112 valence electrons. The Morgan fingerprint density at radius 2 is 1.74 bits per heavy atom. The van der Waals surface area contributed by atoms with Crippen molar-refractivity contribution in [1.29, 1.82) is 0 Å². The van der Waals surface area contributed by atoms with Gasteiger partial charge in [0.05, 0.1) is 16.2 Å². The van der Waals surface area contributed by atoms with Gasteiger partial charge in [-0.2, -0.15) is 5.10 Å². The van der Waals surface area contributed by atoms with E-state index in [0.29, 0.717) is 16.7 Å². The van der Waals surface area contributed by atoms with Gasteiger partial charge in [-0.15, -0.1) is 0 Å². The smallest absolute Gasteiger partial charge is 0.153 e. The summed E-state index contributed by atoms with van der Waals surface area (Å²) in [6.07, 6.45) is 0. The number of fused-ring (bicyclic) bond motifs is 1. The van der Waals surface area contributed by atoms with E-state index in [2.05, 4.69) is 20.5 Å². The van der Waals surface area contributed by atoms with Crippen LogP contribution in [0.4, 0.5) is 11.6 Å². The Kier molecular flexibility index (Phi) is 3.44. The SMILES string of the molecule is Clc1cccc2ccc(Nc3cc(-c4ccccc4)[nH]n3)nc12. The molecule has 0 fully saturated rings. The van der Waals surface area contributed by atoms with Crippen LogP contribution in [-0.2, 0) is 0 Å². The van der Waals surface area contributed by atoms with Gasteiger partial charge in [0.15, 0.2) is 5.82 Å². The van der Waals surface area contributed by atoms with Crippen molar-refractivity contribution < 1.29 is 0 Å². The molecule has 5 heteroatoms. The van der Waals surface area contributed by atoms with Crippen LogP contribution in [0.3, 0.4) is 0 Å². The van der Waals surface area contributed by atoms with E-state index in [1.807, 2.05) is 66.7 Å². The van der Waals surface area contributed by atoms with Gasteiger partial charge < -0.3 is 5.32 Å². The number of aromatic amines is 1. The molecule has 0 saturated carbocycles. The lowest BCUT2D eigenvalue weighted by molar-refractivity contribution is 1.09. The van der Waals surface area contributed by atoms with Crippen molar-refractivity contribution in [3.8, 4) is 11.3 Å². The number of aromatic nitrogens is 3. The van der Waals surface area contributed by atoms with Crippen molar-refractivity contribution in [1.82, 2.24) is 15.2 Å². The Balaban J connectivity index is 1.64. The van der Waals surface area contributed by atoms with Crippen LogP contribution in [0.25, 0.3) is 22.2 Å². The molecule has 0 spiro atoms. The van der Waals surface area contributed by atoms with Crippen LogP contribution in [0, 0.1) is 0 Å². The molecule has 0 bridgehead atoms. The quantitative estimate of drug-likeness (QED) is 0.557. The fourth-order valence-corrected chi connectivity index (χ4v) is 2.69. The summed E-state index contributed by atoms with van der Waals surface area (Å²) in [5.74, 6) is 1.42. The average molecular weight is 321 g/mol. The molecule has 4 aromatic rings. The van der Waals surface area contributed by atoms with Crippen LogP contribution >= 0.6 is 11.6 Å². The Morgan fingerprint density at radius 3 is 2.61 bits per heavy atom. The molecule has 0 aliphatic carbocycles. The molecule has 4 nitrogen and oxygen atoms in total. The van der Waals surface area contributed by atoms with Gasteiger partial charge in [0.25, 0.3) is 0 Å². The second-order valence-electron chi connectivity index (χ2n) is 5.17. The van der Waals surface area contributed by atoms with Crippen molar-refractivity contribution in [3.05, 3.63) is 71.8 Å². The molecule has 2 heterocycles. The highest BCUT2D eigenvalue weighted by atomic mass is 35.5. The summed E-state index contributed by atoms with van der Waals surface area (Å²) in [5, 5.41) is 12.2. The average Bonchev–Trinajstić information content (AvgIpc) is 3.05. The molecule has 0 saturated heterocycles. The van der Waals surface area contributed by atoms with E-state index < -0.39 is 0 Å². The topological polar surface area (TPSA) is 53.6 Å². The van der Waals surface area contributed by atoms with Crippen molar-refractivity contribution in [2.45, 2.75) is 0 Å². The van der Waals surface area contributed by atoms with Gasteiger partial charge in [0.2, 0.25) is 0 Å². The van der Waals surface area contributed by atoms with E-state index in [4.69, 9.17) is 11.6 Å². The van der Waals surface area contributed by atoms with E-state index in [-0.39, 0.29) is 0 Å². The molecule has 2 N–H and O–H groups in total. The monoisotopic (exact) mass is 320 g/mol. The highest BCUT2D eigenvalue weighted by molar-refractivity contribution is 6.35. The van der Waals surface area contributed by atoms with Crippen LogP contribution in [0.15, 0.2) is 66.7 Å². The fraction of sp³-hybridized carbons (Fsp3) is 0. The number of H-pyrrole nitrogens is 1. The van der Waals surface area contributed by atoms with Crippen LogP contribution < -0.4 is 5.32 Å². The molecule has 0 radical (unpaired) electrons. The number of rotatable bonds is 3. The van der Waals surface area contributed by atoms with Gasteiger partial charge in [0.1, 0.15) is 5.82 Å². The lowest BCUT2D eigenvalue weighted by Gasteiger charge is -2.04. The first-order chi connectivity index (χ1) is 11.3. The number of para-hydroxylation sites is 1. The minimum atomic E-state index is 0.637. The van der Waals surface area contributed by atoms with Crippen molar-refractivity contribution >= 4 is 34.1 Å². The Bertz CT molecular complexity index is 963. The third-order valence-electron chi connectivity index (χ3n) is 3.59. The fourth-order valence-electron chi connectivity index (χ4n) is 2.46. The molecule has 0 amide bonds. The minimum Gasteiger partial charge on any atom is -0.323 e. The lowest BCUT2D eigenvalue weighted by atomic mass is 10.1.